The first-order valence-electron chi connectivity index (χ1n) is 8.04. The molecule has 0 spiro atoms. The van der Waals surface area contributed by atoms with Crippen molar-refractivity contribution in [3.63, 3.8) is 0 Å². The van der Waals surface area contributed by atoms with Crippen molar-refractivity contribution in [2.45, 2.75) is 17.8 Å². The number of nitrogen functional groups attached to an aromatic ring is 1. The summed E-state index contributed by atoms with van der Waals surface area (Å²) in [5.41, 5.74) is 9.23. The number of imidazole rings is 1. The van der Waals surface area contributed by atoms with E-state index in [1.807, 2.05) is 31.2 Å². The third-order valence-electron chi connectivity index (χ3n) is 3.71. The van der Waals surface area contributed by atoms with Crippen molar-refractivity contribution in [2.75, 3.05) is 11.1 Å². The molecule has 0 aliphatic carbocycles. The van der Waals surface area contributed by atoms with E-state index < -0.39 is 0 Å². The molecule has 0 aliphatic rings. The van der Waals surface area contributed by atoms with E-state index in [4.69, 9.17) is 17.3 Å². The van der Waals surface area contributed by atoms with E-state index in [1.165, 1.54) is 11.8 Å². The quantitative estimate of drug-likeness (QED) is 0.435. The van der Waals surface area contributed by atoms with Gasteiger partial charge in [0.05, 0.1) is 16.3 Å². The molecule has 0 radical (unpaired) electrons. The van der Waals surface area contributed by atoms with E-state index in [0.717, 1.165) is 16.8 Å². The van der Waals surface area contributed by atoms with Gasteiger partial charge in [-0.25, -0.2) is 9.97 Å². The molecule has 4 aromatic rings. The number of halogens is 1. The Balaban J connectivity index is 1.51. The van der Waals surface area contributed by atoms with Crippen molar-refractivity contribution < 1.29 is 0 Å². The fourth-order valence-corrected chi connectivity index (χ4v) is 3.33. The van der Waals surface area contributed by atoms with E-state index in [-0.39, 0.29) is 5.95 Å². The normalized spacial score (nSPS) is 11.0. The standard InChI is InChI=1S/C17H15ClN8S/c1-9-4-2-3-5-11(9)21-16-24-13(23-15(19)26-16)8-27-17-22-12-6-10(18)7-20-14(12)25-17/h2-7H,8H2,1H3,(H,20,22,25)(H3,19,21,23,24,26). The van der Waals surface area contributed by atoms with Crippen LogP contribution < -0.4 is 11.1 Å². The van der Waals surface area contributed by atoms with Crippen molar-refractivity contribution in [2.24, 2.45) is 0 Å². The maximum absolute atomic E-state index is 5.95. The lowest BCUT2D eigenvalue weighted by Gasteiger charge is -2.09. The predicted octanol–water partition coefficient (Wildman–Crippen LogP) is 3.72. The molecule has 27 heavy (non-hydrogen) atoms. The van der Waals surface area contributed by atoms with Crippen LogP contribution in [0.25, 0.3) is 11.2 Å². The van der Waals surface area contributed by atoms with Gasteiger partial charge >= 0.3 is 0 Å². The average molecular weight is 399 g/mol. The Bertz CT molecular complexity index is 1110. The van der Waals surface area contributed by atoms with E-state index in [2.05, 4.69) is 35.2 Å². The van der Waals surface area contributed by atoms with Crippen molar-refractivity contribution in [1.82, 2.24) is 29.9 Å². The number of pyridine rings is 1. The van der Waals surface area contributed by atoms with Gasteiger partial charge in [0.1, 0.15) is 5.82 Å². The number of rotatable bonds is 5. The van der Waals surface area contributed by atoms with Crippen molar-refractivity contribution in [3.05, 3.63) is 52.9 Å². The Hall–Kier alpha value is -2.91. The fourth-order valence-electron chi connectivity index (χ4n) is 2.45. The third kappa shape index (κ3) is 4.09. The van der Waals surface area contributed by atoms with Gasteiger partial charge in [-0.05, 0) is 24.6 Å². The number of benzene rings is 1. The minimum Gasteiger partial charge on any atom is -0.368 e. The highest BCUT2D eigenvalue weighted by Crippen LogP contribution is 2.24. The highest BCUT2D eigenvalue weighted by Gasteiger charge is 2.10. The van der Waals surface area contributed by atoms with Gasteiger partial charge < -0.3 is 16.0 Å². The molecule has 4 N–H and O–H groups in total. The molecule has 0 amide bonds. The zero-order valence-corrected chi connectivity index (χ0v) is 15.8. The SMILES string of the molecule is Cc1ccccc1Nc1nc(N)nc(CSc2nc3ncc(Cl)cc3[nH]2)n1. The van der Waals surface area contributed by atoms with Crippen molar-refractivity contribution in [1.29, 1.82) is 0 Å². The van der Waals surface area contributed by atoms with Crippen molar-refractivity contribution in [3.8, 4) is 0 Å². The van der Waals surface area contributed by atoms with Crippen LogP contribution in [0, 0.1) is 6.92 Å². The average Bonchev–Trinajstić information content (AvgIpc) is 3.03. The molecular formula is C17H15ClN8S. The van der Waals surface area contributed by atoms with Crippen LogP contribution in [-0.4, -0.2) is 29.9 Å². The number of fused-ring (bicyclic) bond motifs is 1. The molecule has 3 aromatic heterocycles. The van der Waals surface area contributed by atoms with Crippen LogP contribution in [0.4, 0.5) is 17.6 Å². The van der Waals surface area contributed by atoms with Crippen LogP contribution in [0.2, 0.25) is 5.02 Å². The summed E-state index contributed by atoms with van der Waals surface area (Å²) in [7, 11) is 0. The summed E-state index contributed by atoms with van der Waals surface area (Å²) in [6.07, 6.45) is 1.56. The second kappa shape index (κ2) is 7.37. The van der Waals surface area contributed by atoms with Crippen LogP contribution in [0.3, 0.4) is 0 Å². The molecule has 0 fully saturated rings. The maximum atomic E-state index is 5.95. The van der Waals surface area contributed by atoms with Gasteiger partial charge in [-0.2, -0.15) is 15.0 Å². The molecule has 0 aliphatic heterocycles. The third-order valence-corrected chi connectivity index (χ3v) is 4.79. The highest BCUT2D eigenvalue weighted by atomic mass is 35.5. The number of aromatic amines is 1. The number of H-pyrrole nitrogens is 1. The molecule has 10 heteroatoms. The second-order valence-corrected chi connectivity index (χ2v) is 7.13. The summed E-state index contributed by atoms with van der Waals surface area (Å²) < 4.78 is 0. The number of hydrogen-bond acceptors (Lipinski definition) is 8. The van der Waals surface area contributed by atoms with Gasteiger partial charge in [0.2, 0.25) is 11.9 Å². The Morgan fingerprint density at radius 2 is 2.04 bits per heavy atom. The van der Waals surface area contributed by atoms with E-state index in [1.54, 1.807) is 12.3 Å². The Morgan fingerprint density at radius 1 is 1.19 bits per heavy atom. The zero-order chi connectivity index (χ0) is 18.8. The van der Waals surface area contributed by atoms with Crippen LogP contribution in [0.1, 0.15) is 11.4 Å². The minimum atomic E-state index is 0.162. The van der Waals surface area contributed by atoms with Crippen LogP contribution in [-0.2, 0) is 5.75 Å². The lowest BCUT2D eigenvalue weighted by atomic mass is 10.2. The lowest BCUT2D eigenvalue weighted by molar-refractivity contribution is 0.975. The Kier molecular flexibility index (Phi) is 4.78. The monoisotopic (exact) mass is 398 g/mol. The largest absolute Gasteiger partial charge is 0.368 e. The summed E-state index contributed by atoms with van der Waals surface area (Å²) >= 11 is 7.39. The van der Waals surface area contributed by atoms with Gasteiger partial charge in [0.15, 0.2) is 10.8 Å². The van der Waals surface area contributed by atoms with Crippen LogP contribution in [0.5, 0.6) is 0 Å². The van der Waals surface area contributed by atoms with Gasteiger partial charge in [0, 0.05) is 11.9 Å². The summed E-state index contributed by atoms with van der Waals surface area (Å²) in [4.78, 5) is 24.6. The molecule has 4 rings (SSSR count). The number of aryl methyl sites for hydroxylation is 1. The minimum absolute atomic E-state index is 0.162. The number of anilines is 3. The molecule has 0 atom stereocenters. The van der Waals surface area contributed by atoms with Gasteiger partial charge in [0.25, 0.3) is 0 Å². The number of nitrogens with two attached hydrogens (primary N) is 1. The Labute approximate surface area is 164 Å². The lowest BCUT2D eigenvalue weighted by Crippen LogP contribution is -2.07. The van der Waals surface area contributed by atoms with Crippen LogP contribution in [0.15, 0.2) is 41.7 Å². The maximum Gasteiger partial charge on any atom is 0.232 e. The molecular weight excluding hydrogens is 384 g/mol. The molecule has 1 aromatic carbocycles. The molecule has 0 bridgehead atoms. The summed E-state index contributed by atoms with van der Waals surface area (Å²) in [5, 5.41) is 4.44. The first kappa shape index (κ1) is 17.5. The second-order valence-electron chi connectivity index (χ2n) is 5.73. The molecule has 0 saturated carbocycles. The number of nitrogens with zero attached hydrogens (tertiary/aromatic N) is 5. The molecule has 136 valence electrons. The summed E-state index contributed by atoms with van der Waals surface area (Å²) in [5.74, 6) is 1.60. The molecule has 0 unspecified atom stereocenters. The van der Waals surface area contributed by atoms with E-state index in [9.17, 15) is 0 Å². The predicted molar refractivity (Wildman–Crippen MR) is 107 cm³/mol. The Morgan fingerprint density at radius 3 is 2.89 bits per heavy atom. The first-order chi connectivity index (χ1) is 13.1. The van der Waals surface area contributed by atoms with E-state index >= 15 is 0 Å². The topological polar surface area (TPSA) is 118 Å². The smallest absolute Gasteiger partial charge is 0.232 e. The van der Waals surface area contributed by atoms with Gasteiger partial charge in [-0.15, -0.1) is 0 Å². The van der Waals surface area contributed by atoms with Gasteiger partial charge in [-0.1, -0.05) is 41.6 Å². The summed E-state index contributed by atoms with van der Waals surface area (Å²) in [6, 6.07) is 9.66. The number of nitrogens with one attached hydrogen (secondary N) is 2. The number of aromatic nitrogens is 6. The molecule has 3 heterocycles. The molecule has 0 saturated heterocycles. The zero-order valence-electron chi connectivity index (χ0n) is 14.3. The van der Waals surface area contributed by atoms with E-state index in [0.29, 0.717) is 33.4 Å². The van der Waals surface area contributed by atoms with Crippen LogP contribution >= 0.6 is 23.4 Å². The summed E-state index contributed by atoms with van der Waals surface area (Å²) in [6.45, 7) is 2.01. The highest BCUT2D eigenvalue weighted by molar-refractivity contribution is 7.98. The fraction of sp³-hybridized carbons (Fsp3) is 0.118. The van der Waals surface area contributed by atoms with Gasteiger partial charge in [-0.3, -0.25) is 0 Å². The molecule has 8 nitrogen and oxygen atoms in total. The first-order valence-corrected chi connectivity index (χ1v) is 9.40. The number of thioether (sulfide) groups is 1. The number of para-hydroxylation sites is 1. The number of hydrogen-bond donors (Lipinski definition) is 3. The van der Waals surface area contributed by atoms with Crippen molar-refractivity contribution >= 4 is 52.1 Å².